The molecule has 3 N–H and O–H groups in total. The van der Waals surface area contributed by atoms with Gasteiger partial charge in [-0.2, -0.15) is 0 Å². The Bertz CT molecular complexity index is 394. The molecule has 0 saturated heterocycles. The first-order valence-electron chi connectivity index (χ1n) is 5.90. The highest BCUT2D eigenvalue weighted by molar-refractivity contribution is 5.78. The quantitative estimate of drug-likeness (QED) is 0.731. The van der Waals surface area contributed by atoms with Crippen molar-refractivity contribution in [2.24, 2.45) is 0 Å². The van der Waals surface area contributed by atoms with Crippen LogP contribution in [0.1, 0.15) is 6.92 Å². The van der Waals surface area contributed by atoms with Crippen molar-refractivity contribution >= 4 is 11.6 Å². The second-order valence-electron chi connectivity index (χ2n) is 4.56. The second kappa shape index (κ2) is 6.86. The number of nitrogens with two attached hydrogens (primary N) is 1. The number of nitrogens with one attached hydrogen (secondary N) is 1. The summed E-state index contributed by atoms with van der Waals surface area (Å²) in [6.07, 6.45) is 0. The van der Waals surface area contributed by atoms with Gasteiger partial charge >= 0.3 is 0 Å². The normalized spacial score (nSPS) is 12.2. The van der Waals surface area contributed by atoms with Crippen LogP contribution in [-0.2, 0) is 4.79 Å². The molecule has 0 radical (unpaired) electrons. The Morgan fingerprint density at radius 2 is 2.11 bits per heavy atom. The van der Waals surface area contributed by atoms with Gasteiger partial charge in [-0.05, 0) is 33.2 Å². The lowest BCUT2D eigenvalue weighted by Gasteiger charge is -2.18. The van der Waals surface area contributed by atoms with Crippen LogP contribution in [-0.4, -0.2) is 44.1 Å². The topological polar surface area (TPSA) is 67.6 Å². The van der Waals surface area contributed by atoms with E-state index in [0.717, 1.165) is 6.54 Å². The number of likely N-dealkylation sites (N-methyl/N-ethyl adjacent to an activating group) is 1. The zero-order chi connectivity index (χ0) is 13.5. The lowest BCUT2D eigenvalue weighted by molar-refractivity contribution is -0.123. The third-order valence-electron chi connectivity index (χ3n) is 2.32. The molecule has 5 nitrogen and oxygen atoms in total. The van der Waals surface area contributed by atoms with Crippen LogP contribution in [0, 0.1) is 0 Å². The van der Waals surface area contributed by atoms with Gasteiger partial charge in [-0.25, -0.2) is 0 Å². The molecule has 0 spiro atoms. The van der Waals surface area contributed by atoms with Gasteiger partial charge in [-0.3, -0.25) is 4.79 Å². The SMILES string of the molecule is CC(CN(C)C)NC(=O)COc1ccccc1N. The predicted octanol–water partition coefficient (Wildman–Crippen LogP) is 0.714. The Balaban J connectivity index is 2.35. The molecule has 0 aromatic heterocycles. The van der Waals surface area contributed by atoms with Gasteiger partial charge in [0, 0.05) is 12.6 Å². The minimum atomic E-state index is -0.146. The number of hydrogen-bond donors (Lipinski definition) is 2. The van der Waals surface area contributed by atoms with Crippen LogP contribution in [0.3, 0.4) is 0 Å². The van der Waals surface area contributed by atoms with Crippen molar-refractivity contribution in [3.63, 3.8) is 0 Å². The van der Waals surface area contributed by atoms with Crippen molar-refractivity contribution in [1.82, 2.24) is 10.2 Å². The maximum atomic E-state index is 11.6. The Morgan fingerprint density at radius 1 is 1.44 bits per heavy atom. The maximum absolute atomic E-state index is 11.6. The molecule has 0 fully saturated rings. The van der Waals surface area contributed by atoms with Crippen LogP contribution in [0.25, 0.3) is 0 Å². The number of para-hydroxylation sites is 2. The van der Waals surface area contributed by atoms with E-state index >= 15 is 0 Å². The third-order valence-corrected chi connectivity index (χ3v) is 2.32. The molecule has 0 aliphatic heterocycles. The summed E-state index contributed by atoms with van der Waals surface area (Å²) in [6, 6.07) is 7.21. The number of nitrogen functional groups attached to an aromatic ring is 1. The summed E-state index contributed by atoms with van der Waals surface area (Å²) in [5, 5.41) is 2.85. The Labute approximate surface area is 108 Å². The summed E-state index contributed by atoms with van der Waals surface area (Å²) >= 11 is 0. The zero-order valence-corrected chi connectivity index (χ0v) is 11.1. The van der Waals surface area contributed by atoms with Gasteiger partial charge in [0.1, 0.15) is 5.75 Å². The van der Waals surface area contributed by atoms with E-state index < -0.39 is 0 Å². The predicted molar refractivity (Wildman–Crippen MR) is 72.5 cm³/mol. The molecule has 0 heterocycles. The highest BCUT2D eigenvalue weighted by Crippen LogP contribution is 2.19. The van der Waals surface area contributed by atoms with Crippen LogP contribution in [0.4, 0.5) is 5.69 Å². The molecule has 100 valence electrons. The number of benzene rings is 1. The van der Waals surface area contributed by atoms with Gasteiger partial charge < -0.3 is 20.7 Å². The first kappa shape index (κ1) is 14.3. The van der Waals surface area contributed by atoms with Crippen LogP contribution in [0.2, 0.25) is 0 Å². The number of amides is 1. The number of nitrogens with zero attached hydrogens (tertiary/aromatic N) is 1. The molecule has 1 rings (SSSR count). The highest BCUT2D eigenvalue weighted by Gasteiger charge is 2.09. The number of hydrogen-bond acceptors (Lipinski definition) is 4. The lowest BCUT2D eigenvalue weighted by Crippen LogP contribution is -2.41. The fourth-order valence-electron chi connectivity index (χ4n) is 1.67. The molecule has 1 unspecified atom stereocenters. The van der Waals surface area contributed by atoms with E-state index in [9.17, 15) is 4.79 Å². The van der Waals surface area contributed by atoms with Crippen LogP contribution < -0.4 is 15.8 Å². The number of rotatable bonds is 6. The average molecular weight is 251 g/mol. The summed E-state index contributed by atoms with van der Waals surface area (Å²) in [5.41, 5.74) is 6.24. The van der Waals surface area contributed by atoms with Crippen molar-refractivity contribution in [3.8, 4) is 5.75 Å². The van der Waals surface area contributed by atoms with E-state index in [2.05, 4.69) is 5.32 Å². The molecule has 1 aromatic rings. The summed E-state index contributed by atoms with van der Waals surface area (Å²) in [6.45, 7) is 2.72. The average Bonchev–Trinajstić information content (AvgIpc) is 2.26. The van der Waals surface area contributed by atoms with Crippen molar-refractivity contribution in [3.05, 3.63) is 24.3 Å². The fourth-order valence-corrected chi connectivity index (χ4v) is 1.67. The van der Waals surface area contributed by atoms with Crippen LogP contribution in [0.5, 0.6) is 5.75 Å². The smallest absolute Gasteiger partial charge is 0.258 e. The molecule has 0 aliphatic rings. The van der Waals surface area contributed by atoms with E-state index in [1.807, 2.05) is 38.1 Å². The molecular weight excluding hydrogens is 230 g/mol. The molecule has 0 bridgehead atoms. The Hall–Kier alpha value is -1.75. The number of carbonyl (C=O) groups excluding carboxylic acids is 1. The number of carbonyl (C=O) groups is 1. The van der Waals surface area contributed by atoms with E-state index in [1.54, 1.807) is 12.1 Å². The van der Waals surface area contributed by atoms with Gasteiger partial charge in [-0.15, -0.1) is 0 Å². The van der Waals surface area contributed by atoms with Crippen LogP contribution >= 0.6 is 0 Å². The van der Waals surface area contributed by atoms with Crippen molar-refractivity contribution in [2.75, 3.05) is 33.0 Å². The lowest BCUT2D eigenvalue weighted by atomic mass is 10.3. The van der Waals surface area contributed by atoms with Crippen molar-refractivity contribution in [1.29, 1.82) is 0 Å². The first-order chi connectivity index (χ1) is 8.49. The summed E-state index contributed by atoms with van der Waals surface area (Å²) in [7, 11) is 3.92. The largest absolute Gasteiger partial charge is 0.482 e. The van der Waals surface area contributed by atoms with E-state index in [4.69, 9.17) is 10.5 Å². The zero-order valence-electron chi connectivity index (χ0n) is 11.1. The highest BCUT2D eigenvalue weighted by atomic mass is 16.5. The van der Waals surface area contributed by atoms with Gasteiger partial charge in [0.05, 0.1) is 5.69 Å². The van der Waals surface area contributed by atoms with Crippen molar-refractivity contribution in [2.45, 2.75) is 13.0 Å². The van der Waals surface area contributed by atoms with Crippen molar-refractivity contribution < 1.29 is 9.53 Å². The van der Waals surface area contributed by atoms with Gasteiger partial charge in [-0.1, -0.05) is 12.1 Å². The number of anilines is 1. The minimum Gasteiger partial charge on any atom is -0.482 e. The molecule has 1 amide bonds. The molecule has 1 aromatic carbocycles. The first-order valence-corrected chi connectivity index (χ1v) is 5.90. The minimum absolute atomic E-state index is 0.0218. The second-order valence-corrected chi connectivity index (χ2v) is 4.56. The molecule has 1 atom stereocenters. The Morgan fingerprint density at radius 3 is 2.72 bits per heavy atom. The molecule has 18 heavy (non-hydrogen) atoms. The van der Waals surface area contributed by atoms with E-state index in [0.29, 0.717) is 11.4 Å². The fraction of sp³-hybridized carbons (Fsp3) is 0.462. The molecule has 0 saturated carbocycles. The van der Waals surface area contributed by atoms with Gasteiger partial charge in [0.2, 0.25) is 0 Å². The Kier molecular flexibility index (Phi) is 5.45. The molecular formula is C13H21N3O2. The standard InChI is InChI=1S/C13H21N3O2/c1-10(8-16(2)3)15-13(17)9-18-12-7-5-4-6-11(12)14/h4-7,10H,8-9,14H2,1-3H3,(H,15,17). The molecule has 5 heteroatoms. The maximum Gasteiger partial charge on any atom is 0.258 e. The molecule has 0 aliphatic carbocycles. The van der Waals surface area contributed by atoms with E-state index in [-0.39, 0.29) is 18.6 Å². The van der Waals surface area contributed by atoms with Gasteiger partial charge in [0.15, 0.2) is 6.61 Å². The van der Waals surface area contributed by atoms with Crippen LogP contribution in [0.15, 0.2) is 24.3 Å². The number of ether oxygens (including phenoxy) is 1. The monoisotopic (exact) mass is 251 g/mol. The summed E-state index contributed by atoms with van der Waals surface area (Å²) in [4.78, 5) is 13.6. The third kappa shape index (κ3) is 5.05. The van der Waals surface area contributed by atoms with Gasteiger partial charge in [0.25, 0.3) is 5.91 Å². The summed E-state index contributed by atoms with van der Waals surface area (Å²) in [5.74, 6) is 0.389. The summed E-state index contributed by atoms with van der Waals surface area (Å²) < 4.78 is 5.35. The van der Waals surface area contributed by atoms with E-state index in [1.165, 1.54) is 0 Å².